The van der Waals surface area contributed by atoms with Crippen LogP contribution in [0, 0.1) is 0 Å². The Bertz CT molecular complexity index is 2660. The molecular formula is C48H37N3. The quantitative estimate of drug-likeness (QED) is 0.126. The van der Waals surface area contributed by atoms with Crippen LogP contribution in [0.15, 0.2) is 174 Å². The summed E-state index contributed by atoms with van der Waals surface area (Å²) in [5.74, 6) is 0.633. The average molecular weight is 656 g/mol. The summed E-state index contributed by atoms with van der Waals surface area (Å²) in [7, 11) is 0. The van der Waals surface area contributed by atoms with Crippen molar-refractivity contribution in [2.75, 3.05) is 0 Å². The first-order valence-electron chi connectivity index (χ1n) is 17.6. The molecule has 8 aromatic rings. The van der Waals surface area contributed by atoms with Gasteiger partial charge >= 0.3 is 0 Å². The molecule has 7 aromatic carbocycles. The first-order chi connectivity index (χ1) is 25.0. The number of aromatic nitrogens is 1. The lowest BCUT2D eigenvalue weighted by Crippen LogP contribution is -2.14. The first-order valence-corrected chi connectivity index (χ1v) is 17.6. The number of fused-ring (bicyclic) bond motifs is 6. The molecule has 0 N–H and O–H groups in total. The lowest BCUT2D eigenvalue weighted by Gasteiger charge is -2.22. The van der Waals surface area contributed by atoms with Gasteiger partial charge in [-0.25, -0.2) is 4.99 Å². The van der Waals surface area contributed by atoms with Gasteiger partial charge in [-0.2, -0.15) is 0 Å². The van der Waals surface area contributed by atoms with Crippen molar-refractivity contribution < 1.29 is 0 Å². The van der Waals surface area contributed by atoms with Crippen molar-refractivity contribution in [3.63, 3.8) is 0 Å². The Balaban J connectivity index is 1.22. The van der Waals surface area contributed by atoms with Crippen LogP contribution in [0.3, 0.4) is 0 Å². The fourth-order valence-electron chi connectivity index (χ4n) is 8.11. The summed E-state index contributed by atoms with van der Waals surface area (Å²) in [6, 6.07) is 58.9. The highest BCUT2D eigenvalue weighted by Gasteiger charge is 2.35. The summed E-state index contributed by atoms with van der Waals surface area (Å²) in [4.78, 5) is 9.24. The maximum Gasteiger partial charge on any atom is 0.154 e. The van der Waals surface area contributed by atoms with Crippen molar-refractivity contribution in [3.05, 3.63) is 186 Å². The zero-order valence-corrected chi connectivity index (χ0v) is 28.8. The average Bonchev–Trinajstić information content (AvgIpc) is 3.64. The predicted octanol–water partition coefficient (Wildman–Crippen LogP) is 12.1. The van der Waals surface area contributed by atoms with E-state index in [2.05, 4.69) is 176 Å². The molecule has 3 nitrogen and oxygen atoms in total. The minimum absolute atomic E-state index is 0.0715. The van der Waals surface area contributed by atoms with Gasteiger partial charge in [0.1, 0.15) is 0 Å². The fourth-order valence-corrected chi connectivity index (χ4v) is 8.11. The van der Waals surface area contributed by atoms with Gasteiger partial charge in [-0.15, -0.1) is 0 Å². The summed E-state index contributed by atoms with van der Waals surface area (Å²) in [5, 5.41) is 2.43. The molecule has 0 bridgehead atoms. The van der Waals surface area contributed by atoms with Crippen molar-refractivity contribution in [1.29, 1.82) is 0 Å². The topological polar surface area (TPSA) is 29.6 Å². The van der Waals surface area contributed by atoms with Crippen LogP contribution in [0.1, 0.15) is 36.1 Å². The van der Waals surface area contributed by atoms with Crippen LogP contribution in [0.2, 0.25) is 0 Å². The number of nitrogens with zero attached hydrogens (tertiary/aromatic N) is 3. The number of benzene rings is 7. The molecule has 0 saturated carbocycles. The Morgan fingerprint density at radius 1 is 0.569 bits per heavy atom. The number of rotatable bonds is 6. The van der Waals surface area contributed by atoms with E-state index in [9.17, 15) is 0 Å². The van der Waals surface area contributed by atoms with Gasteiger partial charge in [-0.1, -0.05) is 153 Å². The molecule has 0 spiro atoms. The molecule has 0 atom stereocenters. The SMILES string of the molecule is C=NC(=NCc1ccccc1)c1cccc(-n2c3ccccc3c3cccc(-c4ccccc4-c4ccc5c(c4)C(C)(C)c4ccccc4-5)c32)c1. The van der Waals surface area contributed by atoms with E-state index in [1.165, 1.54) is 60.8 Å². The van der Waals surface area contributed by atoms with Crippen molar-refractivity contribution in [3.8, 4) is 39.1 Å². The summed E-state index contributed by atoms with van der Waals surface area (Å²) in [6.07, 6.45) is 0. The minimum atomic E-state index is -0.0715. The summed E-state index contributed by atoms with van der Waals surface area (Å²) in [5.41, 5.74) is 15.7. The standard InChI is InChI=1S/C48H37N3/c1-48(2)43-25-11-9-21-38(43)39-28-27-33(30-44(39)48)36-19-7-8-20-37(36)41-23-14-24-42-40-22-10-12-26-45(40)51(46(41)42)35-18-13-17-34(29-35)47(49-3)50-31-32-15-5-4-6-16-32/h4-30H,3,31H2,1-2H3. The Kier molecular flexibility index (Phi) is 7.36. The normalized spacial score (nSPS) is 13.3. The van der Waals surface area contributed by atoms with Crippen LogP contribution in [0.25, 0.3) is 60.9 Å². The molecule has 0 fully saturated rings. The third kappa shape index (κ3) is 5.04. The van der Waals surface area contributed by atoms with Gasteiger partial charge in [0.2, 0.25) is 0 Å². The molecule has 0 radical (unpaired) electrons. The molecule has 0 aliphatic heterocycles. The largest absolute Gasteiger partial charge is 0.309 e. The summed E-state index contributed by atoms with van der Waals surface area (Å²) < 4.78 is 2.40. The van der Waals surface area contributed by atoms with E-state index < -0.39 is 0 Å². The zero-order chi connectivity index (χ0) is 34.5. The van der Waals surface area contributed by atoms with E-state index in [1.54, 1.807) is 0 Å². The highest BCUT2D eigenvalue weighted by atomic mass is 15.0. The van der Waals surface area contributed by atoms with Crippen molar-refractivity contribution in [2.24, 2.45) is 9.98 Å². The van der Waals surface area contributed by atoms with E-state index in [-0.39, 0.29) is 5.41 Å². The van der Waals surface area contributed by atoms with Crippen LogP contribution < -0.4 is 0 Å². The van der Waals surface area contributed by atoms with Gasteiger partial charge in [-0.3, -0.25) is 4.99 Å². The molecule has 9 rings (SSSR count). The van der Waals surface area contributed by atoms with E-state index >= 15 is 0 Å². The van der Waals surface area contributed by atoms with Gasteiger partial charge in [0, 0.05) is 33.0 Å². The summed E-state index contributed by atoms with van der Waals surface area (Å²) >= 11 is 0. The van der Waals surface area contributed by atoms with Crippen molar-refractivity contribution in [2.45, 2.75) is 25.8 Å². The van der Waals surface area contributed by atoms with Gasteiger partial charge in [0.05, 0.1) is 17.6 Å². The van der Waals surface area contributed by atoms with Gasteiger partial charge < -0.3 is 4.57 Å². The Labute approximate surface area is 298 Å². The molecule has 244 valence electrons. The monoisotopic (exact) mass is 655 g/mol. The molecule has 0 unspecified atom stereocenters. The number of hydrogen-bond donors (Lipinski definition) is 0. The van der Waals surface area contributed by atoms with E-state index in [1.807, 2.05) is 18.2 Å². The Hall–Kier alpha value is -6.32. The smallest absolute Gasteiger partial charge is 0.154 e. The highest BCUT2D eigenvalue weighted by Crippen LogP contribution is 2.50. The van der Waals surface area contributed by atoms with Crippen LogP contribution in [-0.2, 0) is 12.0 Å². The number of amidine groups is 1. The molecular weight excluding hydrogens is 619 g/mol. The Morgan fingerprint density at radius 2 is 1.24 bits per heavy atom. The molecule has 1 aliphatic carbocycles. The molecule has 1 heterocycles. The molecule has 3 heteroatoms. The third-order valence-electron chi connectivity index (χ3n) is 10.6. The molecule has 1 aliphatic rings. The van der Waals surface area contributed by atoms with Gasteiger partial charge in [-0.05, 0) is 75.5 Å². The number of aliphatic imine (C=N–C) groups is 2. The third-order valence-corrected chi connectivity index (χ3v) is 10.6. The molecule has 0 amide bonds. The zero-order valence-electron chi connectivity index (χ0n) is 28.8. The predicted molar refractivity (Wildman–Crippen MR) is 215 cm³/mol. The second kappa shape index (κ2) is 12.2. The summed E-state index contributed by atoms with van der Waals surface area (Å²) in [6.45, 7) is 9.13. The number of hydrogen-bond acceptors (Lipinski definition) is 1. The second-order valence-corrected chi connectivity index (χ2v) is 13.9. The maximum atomic E-state index is 4.87. The van der Waals surface area contributed by atoms with Crippen molar-refractivity contribution >= 4 is 34.4 Å². The molecule has 51 heavy (non-hydrogen) atoms. The van der Waals surface area contributed by atoms with Crippen molar-refractivity contribution in [1.82, 2.24) is 4.57 Å². The van der Waals surface area contributed by atoms with Crippen LogP contribution in [-0.4, -0.2) is 17.1 Å². The Morgan fingerprint density at radius 3 is 2.08 bits per heavy atom. The van der Waals surface area contributed by atoms with Gasteiger partial charge in [0.15, 0.2) is 5.84 Å². The maximum absolute atomic E-state index is 4.87. The minimum Gasteiger partial charge on any atom is -0.309 e. The second-order valence-electron chi connectivity index (χ2n) is 13.9. The van der Waals surface area contributed by atoms with E-state index in [0.29, 0.717) is 12.4 Å². The van der Waals surface area contributed by atoms with Crippen LogP contribution in [0.4, 0.5) is 0 Å². The highest BCUT2D eigenvalue weighted by molar-refractivity contribution is 6.15. The van der Waals surface area contributed by atoms with E-state index in [0.717, 1.165) is 22.3 Å². The first kappa shape index (κ1) is 30.7. The fraction of sp³-hybridized carbons (Fsp3) is 0.0833. The van der Waals surface area contributed by atoms with Crippen LogP contribution in [0.5, 0.6) is 0 Å². The lowest BCUT2D eigenvalue weighted by atomic mass is 9.81. The van der Waals surface area contributed by atoms with Crippen LogP contribution >= 0.6 is 0 Å². The molecule has 0 saturated heterocycles. The van der Waals surface area contributed by atoms with E-state index in [4.69, 9.17) is 4.99 Å². The van der Waals surface area contributed by atoms with Gasteiger partial charge in [0.25, 0.3) is 0 Å². The lowest BCUT2D eigenvalue weighted by molar-refractivity contribution is 0.660. The molecule has 1 aromatic heterocycles. The number of para-hydroxylation sites is 2.